The third-order valence-corrected chi connectivity index (χ3v) is 9.35. The van der Waals surface area contributed by atoms with Crippen LogP contribution in [-0.4, -0.2) is 0 Å². The van der Waals surface area contributed by atoms with E-state index in [1.807, 2.05) is 0 Å². The van der Waals surface area contributed by atoms with Crippen molar-refractivity contribution < 1.29 is 4.42 Å². The largest absolute Gasteiger partial charge is 0.454 e. The molecule has 1 aliphatic rings. The van der Waals surface area contributed by atoms with Crippen molar-refractivity contribution >= 4 is 49.8 Å². The fraction of sp³-hybridized carbons (Fsp3) is 0.171. The Labute approximate surface area is 253 Å². The van der Waals surface area contributed by atoms with Gasteiger partial charge in [-0.15, -0.1) is 0 Å². The molecule has 0 amide bonds. The molecular formula is C41H35NO. The molecule has 0 aliphatic heterocycles. The van der Waals surface area contributed by atoms with Crippen LogP contribution in [0.25, 0.3) is 43.8 Å². The molecule has 7 aromatic rings. The normalized spacial score (nSPS) is 13.9. The predicted molar refractivity (Wildman–Crippen MR) is 182 cm³/mol. The summed E-state index contributed by atoms with van der Waals surface area (Å²) < 4.78 is 6.86. The molecule has 6 aromatic carbocycles. The number of hydrogen-bond donors (Lipinski definition) is 0. The predicted octanol–water partition coefficient (Wildman–Crippen LogP) is 11.8. The lowest BCUT2D eigenvalue weighted by atomic mass is 9.80. The number of nitrogens with zero attached hydrogens (tertiary/aromatic N) is 1. The molecule has 0 N–H and O–H groups in total. The third-order valence-electron chi connectivity index (χ3n) is 9.35. The first-order valence-electron chi connectivity index (χ1n) is 15.2. The van der Waals surface area contributed by atoms with Crippen LogP contribution in [0.3, 0.4) is 0 Å². The van der Waals surface area contributed by atoms with Crippen molar-refractivity contribution in [3.63, 3.8) is 0 Å². The zero-order valence-corrected chi connectivity index (χ0v) is 25.4. The first-order valence-corrected chi connectivity index (χ1v) is 15.2. The maximum absolute atomic E-state index is 6.86. The summed E-state index contributed by atoms with van der Waals surface area (Å²) in [6, 6.07) is 44.1. The van der Waals surface area contributed by atoms with Crippen molar-refractivity contribution in [3.8, 4) is 11.1 Å². The lowest BCUT2D eigenvalue weighted by Gasteiger charge is -2.28. The maximum atomic E-state index is 6.86. The van der Waals surface area contributed by atoms with Crippen molar-refractivity contribution in [1.82, 2.24) is 0 Å². The van der Waals surface area contributed by atoms with Crippen molar-refractivity contribution in [2.45, 2.75) is 45.4 Å². The van der Waals surface area contributed by atoms with Gasteiger partial charge in [0.05, 0.1) is 5.69 Å². The molecule has 0 saturated heterocycles. The first kappa shape index (κ1) is 25.9. The van der Waals surface area contributed by atoms with Gasteiger partial charge in [0, 0.05) is 33.1 Å². The van der Waals surface area contributed by atoms with E-state index in [1.54, 1.807) is 0 Å². The standard InChI is InChI=1S/C41H35NO/c1-40(2,3)34-19-11-17-32-33-18-12-20-36(39(33)43-38(32)34)42(27-14-7-6-8-15-27)28-22-24-30-31-23-21-26-13-9-10-16-29(26)37(31)41(4,5)35(30)25-28/h6-25H,1-5H3. The van der Waals surface area contributed by atoms with E-state index in [9.17, 15) is 0 Å². The van der Waals surface area contributed by atoms with Gasteiger partial charge in [0.15, 0.2) is 5.58 Å². The highest BCUT2D eigenvalue weighted by Gasteiger charge is 2.37. The molecule has 1 aliphatic carbocycles. The second kappa shape index (κ2) is 9.09. The molecule has 0 saturated carbocycles. The monoisotopic (exact) mass is 557 g/mol. The zero-order chi connectivity index (χ0) is 29.5. The van der Waals surface area contributed by atoms with Gasteiger partial charge in [0.2, 0.25) is 0 Å². The van der Waals surface area contributed by atoms with Crippen molar-refractivity contribution in [2.75, 3.05) is 4.90 Å². The number of fused-ring (bicyclic) bond motifs is 8. The summed E-state index contributed by atoms with van der Waals surface area (Å²) >= 11 is 0. The van der Waals surface area contributed by atoms with Crippen LogP contribution in [0.1, 0.15) is 51.3 Å². The summed E-state index contributed by atoms with van der Waals surface area (Å²) in [7, 11) is 0. The van der Waals surface area contributed by atoms with Crippen LogP contribution in [0.2, 0.25) is 0 Å². The molecule has 0 fully saturated rings. The minimum atomic E-state index is -0.142. The molecule has 43 heavy (non-hydrogen) atoms. The van der Waals surface area contributed by atoms with E-state index in [-0.39, 0.29) is 10.8 Å². The van der Waals surface area contributed by atoms with Gasteiger partial charge in [-0.3, -0.25) is 0 Å². The summed E-state index contributed by atoms with van der Waals surface area (Å²) in [5, 5.41) is 4.93. The van der Waals surface area contributed by atoms with E-state index in [1.165, 1.54) is 38.6 Å². The number of benzene rings is 6. The Kier molecular flexibility index (Phi) is 5.46. The molecule has 2 heteroatoms. The summed E-state index contributed by atoms with van der Waals surface area (Å²) in [5.74, 6) is 0. The Bertz CT molecular complexity index is 2190. The first-order chi connectivity index (χ1) is 20.7. The van der Waals surface area contributed by atoms with E-state index in [0.29, 0.717) is 0 Å². The number of anilines is 3. The van der Waals surface area contributed by atoms with Gasteiger partial charge in [-0.05, 0) is 68.8 Å². The average molecular weight is 558 g/mol. The van der Waals surface area contributed by atoms with Crippen LogP contribution in [0.5, 0.6) is 0 Å². The van der Waals surface area contributed by atoms with E-state index in [4.69, 9.17) is 4.42 Å². The Hall–Kier alpha value is -4.82. The molecule has 210 valence electrons. The highest BCUT2D eigenvalue weighted by Crippen LogP contribution is 2.53. The zero-order valence-electron chi connectivity index (χ0n) is 25.4. The van der Waals surface area contributed by atoms with Crippen molar-refractivity contribution in [2.24, 2.45) is 0 Å². The molecule has 0 bridgehead atoms. The fourth-order valence-electron chi connectivity index (χ4n) is 7.30. The quantitative estimate of drug-likeness (QED) is 0.215. The number of para-hydroxylation sites is 3. The van der Waals surface area contributed by atoms with Gasteiger partial charge in [0.1, 0.15) is 5.58 Å². The summed E-state index contributed by atoms with van der Waals surface area (Å²) in [6.07, 6.45) is 0. The van der Waals surface area contributed by atoms with Gasteiger partial charge in [-0.2, -0.15) is 0 Å². The van der Waals surface area contributed by atoms with E-state index in [0.717, 1.165) is 39.0 Å². The molecule has 0 atom stereocenters. The minimum absolute atomic E-state index is 0.0303. The molecular weight excluding hydrogens is 522 g/mol. The lowest BCUT2D eigenvalue weighted by molar-refractivity contribution is 0.573. The Morgan fingerprint density at radius 2 is 1.26 bits per heavy atom. The lowest BCUT2D eigenvalue weighted by Crippen LogP contribution is -2.17. The van der Waals surface area contributed by atoms with Gasteiger partial charge in [-0.1, -0.05) is 126 Å². The van der Waals surface area contributed by atoms with E-state index in [2.05, 4.69) is 161 Å². The Balaban J connectivity index is 1.37. The Morgan fingerprint density at radius 1 is 0.581 bits per heavy atom. The molecule has 1 aromatic heterocycles. The molecule has 0 unspecified atom stereocenters. The van der Waals surface area contributed by atoms with Crippen LogP contribution in [0, 0.1) is 0 Å². The van der Waals surface area contributed by atoms with Crippen LogP contribution >= 0.6 is 0 Å². The SMILES string of the molecule is CC(C)(C)c1cccc2c1oc1c(N(c3ccccc3)c3ccc4c(c3)C(C)(C)c3c-4ccc4ccccc34)cccc12. The second-order valence-electron chi connectivity index (χ2n) is 13.4. The minimum Gasteiger partial charge on any atom is -0.454 e. The third kappa shape index (κ3) is 3.79. The van der Waals surface area contributed by atoms with Gasteiger partial charge in [0.25, 0.3) is 0 Å². The van der Waals surface area contributed by atoms with Crippen LogP contribution in [-0.2, 0) is 10.8 Å². The molecule has 1 heterocycles. The topological polar surface area (TPSA) is 16.4 Å². The summed E-state index contributed by atoms with van der Waals surface area (Å²) in [4.78, 5) is 2.36. The second-order valence-corrected chi connectivity index (χ2v) is 13.4. The van der Waals surface area contributed by atoms with Crippen molar-refractivity contribution in [1.29, 1.82) is 0 Å². The van der Waals surface area contributed by atoms with E-state index < -0.39 is 0 Å². The fourth-order valence-corrected chi connectivity index (χ4v) is 7.30. The average Bonchev–Trinajstić information content (AvgIpc) is 3.50. The van der Waals surface area contributed by atoms with Crippen LogP contribution in [0.4, 0.5) is 17.1 Å². The molecule has 2 nitrogen and oxygen atoms in total. The van der Waals surface area contributed by atoms with E-state index >= 15 is 0 Å². The molecule has 0 radical (unpaired) electrons. The van der Waals surface area contributed by atoms with Gasteiger partial charge in [-0.25, -0.2) is 0 Å². The molecule has 0 spiro atoms. The highest BCUT2D eigenvalue weighted by molar-refractivity contribution is 6.11. The number of hydrogen-bond acceptors (Lipinski definition) is 2. The van der Waals surface area contributed by atoms with Gasteiger partial charge >= 0.3 is 0 Å². The Morgan fingerprint density at radius 3 is 2.05 bits per heavy atom. The van der Waals surface area contributed by atoms with Gasteiger partial charge < -0.3 is 9.32 Å². The van der Waals surface area contributed by atoms with Crippen molar-refractivity contribution in [3.05, 3.63) is 138 Å². The smallest absolute Gasteiger partial charge is 0.159 e. The number of furan rings is 1. The maximum Gasteiger partial charge on any atom is 0.159 e. The van der Waals surface area contributed by atoms with Crippen LogP contribution < -0.4 is 4.90 Å². The number of rotatable bonds is 3. The molecule has 8 rings (SSSR count). The van der Waals surface area contributed by atoms with Crippen LogP contribution in [0.15, 0.2) is 126 Å². The summed E-state index contributed by atoms with van der Waals surface area (Å²) in [6.45, 7) is 11.5. The summed E-state index contributed by atoms with van der Waals surface area (Å²) in [5.41, 5.74) is 11.6. The highest BCUT2D eigenvalue weighted by atomic mass is 16.3.